The second-order valence-electron chi connectivity index (χ2n) is 1.94. The molecule has 58 valence electrons. The van der Waals surface area contributed by atoms with Gasteiger partial charge in [0.05, 0.1) is 5.38 Å². The summed E-state index contributed by atoms with van der Waals surface area (Å²) in [6, 6.07) is 0. The molecule has 3 heteroatoms. The van der Waals surface area contributed by atoms with Crippen molar-refractivity contribution in [1.82, 2.24) is 0 Å². The highest BCUT2D eigenvalue weighted by atomic mass is 35.5. The number of hydrogen-bond donors (Lipinski definition) is 0. The monoisotopic (exact) mass is 177 g/mol. The van der Waals surface area contributed by atoms with E-state index in [1.807, 2.05) is 11.3 Å². The standard InChI is InChI=1S/C7H12NS.ClH/c1-3-7-8(4-2)5-6-9-7;/h5-6H,3-4H2,1-2H3;1H/q+1;/p-1. The molecule has 0 unspecified atom stereocenters. The molecule has 1 nitrogen and oxygen atoms in total. The van der Waals surface area contributed by atoms with Crippen LogP contribution in [0.2, 0.25) is 0 Å². The lowest BCUT2D eigenvalue weighted by atomic mass is 10.5. The average molecular weight is 178 g/mol. The molecule has 0 radical (unpaired) electrons. The molecule has 1 aromatic heterocycles. The summed E-state index contributed by atoms with van der Waals surface area (Å²) in [5.41, 5.74) is 0. The van der Waals surface area contributed by atoms with Crippen LogP contribution >= 0.6 is 11.3 Å². The molecule has 0 saturated carbocycles. The van der Waals surface area contributed by atoms with Gasteiger partial charge in [0.1, 0.15) is 6.54 Å². The molecule has 0 saturated heterocycles. The van der Waals surface area contributed by atoms with Gasteiger partial charge in [-0.25, -0.2) is 0 Å². The van der Waals surface area contributed by atoms with E-state index in [1.165, 1.54) is 5.01 Å². The summed E-state index contributed by atoms with van der Waals surface area (Å²) in [5.74, 6) is 0. The topological polar surface area (TPSA) is 3.88 Å². The van der Waals surface area contributed by atoms with E-state index < -0.39 is 0 Å². The maximum absolute atomic E-state index is 2.28. The smallest absolute Gasteiger partial charge is 0.236 e. The molecule has 0 aliphatic heterocycles. The molecule has 0 aliphatic carbocycles. The first-order valence-corrected chi connectivity index (χ1v) is 4.22. The fourth-order valence-electron chi connectivity index (χ4n) is 0.901. The molecule has 0 aliphatic rings. The van der Waals surface area contributed by atoms with Crippen molar-refractivity contribution in [3.8, 4) is 0 Å². The van der Waals surface area contributed by atoms with Crippen molar-refractivity contribution >= 4 is 11.3 Å². The van der Waals surface area contributed by atoms with Crippen molar-refractivity contribution in [2.45, 2.75) is 26.8 Å². The third-order valence-corrected chi connectivity index (χ3v) is 2.46. The first kappa shape index (κ1) is 9.92. The molecule has 0 aromatic carbocycles. The molecular formula is C7H12ClNS. The number of aromatic nitrogens is 1. The second-order valence-corrected chi connectivity index (χ2v) is 2.92. The van der Waals surface area contributed by atoms with Gasteiger partial charge in [0, 0.05) is 6.42 Å². The van der Waals surface area contributed by atoms with E-state index in [-0.39, 0.29) is 12.4 Å². The SMILES string of the molecule is CCc1scc[n+]1CC.[Cl-]. The van der Waals surface area contributed by atoms with Crippen molar-refractivity contribution in [2.24, 2.45) is 0 Å². The van der Waals surface area contributed by atoms with Crippen LogP contribution in [0.15, 0.2) is 11.6 Å². The highest BCUT2D eigenvalue weighted by Crippen LogP contribution is 2.01. The van der Waals surface area contributed by atoms with Crippen LogP contribution in [0.5, 0.6) is 0 Å². The van der Waals surface area contributed by atoms with Crippen LogP contribution in [0, 0.1) is 0 Å². The van der Waals surface area contributed by atoms with Gasteiger partial charge in [0.2, 0.25) is 5.01 Å². The highest BCUT2D eigenvalue weighted by molar-refractivity contribution is 7.09. The van der Waals surface area contributed by atoms with E-state index >= 15 is 0 Å². The van der Waals surface area contributed by atoms with Crippen molar-refractivity contribution in [3.05, 3.63) is 16.6 Å². The van der Waals surface area contributed by atoms with Gasteiger partial charge in [0.25, 0.3) is 0 Å². The summed E-state index contributed by atoms with van der Waals surface area (Å²) < 4.78 is 2.28. The Morgan fingerprint density at radius 2 is 2.20 bits per heavy atom. The van der Waals surface area contributed by atoms with Crippen LogP contribution < -0.4 is 17.0 Å². The molecule has 0 N–H and O–H groups in total. The number of aryl methyl sites for hydroxylation is 2. The van der Waals surface area contributed by atoms with Crippen molar-refractivity contribution < 1.29 is 17.0 Å². The van der Waals surface area contributed by atoms with Gasteiger partial charge < -0.3 is 12.4 Å². The quantitative estimate of drug-likeness (QED) is 0.491. The minimum absolute atomic E-state index is 0. The van der Waals surface area contributed by atoms with E-state index in [4.69, 9.17) is 0 Å². The maximum atomic E-state index is 2.28. The van der Waals surface area contributed by atoms with Gasteiger partial charge in [-0.1, -0.05) is 18.3 Å². The molecule has 1 aromatic rings. The molecule has 0 amide bonds. The summed E-state index contributed by atoms with van der Waals surface area (Å²) in [6.45, 7) is 5.47. The van der Waals surface area contributed by atoms with Crippen LogP contribution in [0.4, 0.5) is 0 Å². The molecule has 0 fully saturated rings. The summed E-state index contributed by atoms with van der Waals surface area (Å²) >= 11 is 1.84. The molecule has 1 heterocycles. The van der Waals surface area contributed by atoms with Crippen molar-refractivity contribution in [3.63, 3.8) is 0 Å². The fourth-order valence-corrected chi connectivity index (χ4v) is 1.76. The van der Waals surface area contributed by atoms with Gasteiger partial charge in [-0.2, -0.15) is 4.57 Å². The van der Waals surface area contributed by atoms with Crippen LogP contribution in [-0.4, -0.2) is 0 Å². The lowest BCUT2D eigenvalue weighted by Gasteiger charge is -1.87. The zero-order valence-electron chi connectivity index (χ0n) is 6.30. The highest BCUT2D eigenvalue weighted by Gasteiger charge is 2.05. The molecule has 0 bridgehead atoms. The first-order valence-electron chi connectivity index (χ1n) is 3.34. The third-order valence-electron chi connectivity index (χ3n) is 1.41. The summed E-state index contributed by atoms with van der Waals surface area (Å²) in [4.78, 5) is 0. The Labute approximate surface area is 72.1 Å². The number of hydrogen-bond acceptors (Lipinski definition) is 1. The van der Waals surface area contributed by atoms with Gasteiger partial charge >= 0.3 is 0 Å². The Hall–Kier alpha value is -0.0800. The number of rotatable bonds is 2. The van der Waals surface area contributed by atoms with Crippen molar-refractivity contribution in [2.75, 3.05) is 0 Å². The second kappa shape index (κ2) is 4.69. The van der Waals surface area contributed by atoms with Gasteiger partial charge in [-0.05, 0) is 6.92 Å². The molecule has 1 rings (SSSR count). The van der Waals surface area contributed by atoms with Gasteiger partial charge in [-0.15, -0.1) is 0 Å². The van der Waals surface area contributed by atoms with Gasteiger partial charge in [-0.3, -0.25) is 0 Å². The predicted octanol–water partition coefficient (Wildman–Crippen LogP) is -1.38. The molecule has 10 heavy (non-hydrogen) atoms. The zero-order valence-corrected chi connectivity index (χ0v) is 7.87. The Morgan fingerprint density at radius 1 is 1.50 bits per heavy atom. The fraction of sp³-hybridized carbons (Fsp3) is 0.571. The van der Waals surface area contributed by atoms with Crippen LogP contribution in [0.25, 0.3) is 0 Å². The molecule has 0 spiro atoms. The normalized spacial score (nSPS) is 9.00. The van der Waals surface area contributed by atoms with Crippen LogP contribution in [0.1, 0.15) is 18.9 Å². The van der Waals surface area contributed by atoms with Gasteiger partial charge in [0.15, 0.2) is 6.20 Å². The summed E-state index contributed by atoms with van der Waals surface area (Å²) in [5, 5.41) is 3.61. The van der Waals surface area contributed by atoms with E-state index in [0.29, 0.717) is 0 Å². The minimum atomic E-state index is 0. The zero-order chi connectivity index (χ0) is 6.69. The minimum Gasteiger partial charge on any atom is -1.00 e. The van der Waals surface area contributed by atoms with E-state index in [1.54, 1.807) is 0 Å². The maximum Gasteiger partial charge on any atom is 0.236 e. The van der Waals surface area contributed by atoms with E-state index in [2.05, 4.69) is 30.0 Å². The number of thiazole rings is 1. The number of nitrogens with zero attached hydrogens (tertiary/aromatic N) is 1. The molecular weight excluding hydrogens is 166 g/mol. The average Bonchev–Trinajstić information content (AvgIpc) is 2.33. The Bertz CT molecular complexity index is 167. The Balaban J connectivity index is 0.000000810. The van der Waals surface area contributed by atoms with Crippen LogP contribution in [0.3, 0.4) is 0 Å². The third kappa shape index (κ3) is 1.96. The van der Waals surface area contributed by atoms with E-state index in [9.17, 15) is 0 Å². The molecule has 0 atom stereocenters. The summed E-state index contributed by atoms with van der Waals surface area (Å²) in [7, 11) is 0. The van der Waals surface area contributed by atoms with Crippen LogP contribution in [-0.2, 0) is 13.0 Å². The lowest BCUT2D eigenvalue weighted by Crippen LogP contribution is -3.00. The predicted molar refractivity (Wildman–Crippen MR) is 39.6 cm³/mol. The summed E-state index contributed by atoms with van der Waals surface area (Å²) in [6.07, 6.45) is 3.30. The lowest BCUT2D eigenvalue weighted by molar-refractivity contribution is -0.695. The largest absolute Gasteiger partial charge is 1.00 e. The van der Waals surface area contributed by atoms with Crippen molar-refractivity contribution in [1.29, 1.82) is 0 Å². The first-order chi connectivity index (χ1) is 4.38. The Morgan fingerprint density at radius 3 is 2.60 bits per heavy atom. The Kier molecular flexibility index (Phi) is 4.65. The van der Waals surface area contributed by atoms with E-state index in [0.717, 1.165) is 13.0 Å². The number of halogens is 1.